The number of pyridine rings is 1. The summed E-state index contributed by atoms with van der Waals surface area (Å²) in [6, 6.07) is 3.53. The van der Waals surface area contributed by atoms with Crippen LogP contribution in [0.15, 0.2) is 18.3 Å². The van der Waals surface area contributed by atoms with Crippen LogP contribution in [0.1, 0.15) is 16.1 Å². The summed E-state index contributed by atoms with van der Waals surface area (Å²) in [4.78, 5) is 15.4. The first-order valence-electron chi connectivity index (χ1n) is 4.60. The van der Waals surface area contributed by atoms with E-state index in [1.165, 1.54) is 0 Å². The summed E-state index contributed by atoms with van der Waals surface area (Å²) in [6.45, 7) is 3.42. The highest BCUT2D eigenvalue weighted by molar-refractivity contribution is 5.87. The van der Waals surface area contributed by atoms with Crippen molar-refractivity contribution in [1.82, 2.24) is 10.3 Å². The third-order valence-electron chi connectivity index (χ3n) is 2.14. The molecule has 1 aliphatic heterocycles. The second-order valence-corrected chi connectivity index (χ2v) is 3.41. The molecule has 2 rings (SSSR count). The van der Waals surface area contributed by atoms with Crippen molar-refractivity contribution in [2.75, 3.05) is 13.1 Å². The van der Waals surface area contributed by atoms with E-state index in [4.69, 9.17) is 4.74 Å². The number of esters is 1. The van der Waals surface area contributed by atoms with Crippen molar-refractivity contribution >= 4 is 5.97 Å². The Balaban J connectivity index is 1.99. The first-order valence-corrected chi connectivity index (χ1v) is 4.60. The zero-order chi connectivity index (χ0) is 9.97. The van der Waals surface area contributed by atoms with Gasteiger partial charge in [0, 0.05) is 19.3 Å². The van der Waals surface area contributed by atoms with Gasteiger partial charge in [0.15, 0.2) is 0 Å². The van der Waals surface area contributed by atoms with Gasteiger partial charge >= 0.3 is 5.97 Å². The molecule has 1 aliphatic rings. The van der Waals surface area contributed by atoms with E-state index < -0.39 is 0 Å². The van der Waals surface area contributed by atoms with Crippen LogP contribution >= 0.6 is 0 Å². The van der Waals surface area contributed by atoms with Crippen LogP contribution in [0, 0.1) is 6.92 Å². The summed E-state index contributed by atoms with van der Waals surface area (Å²) in [6.07, 6.45) is 1.68. The SMILES string of the molecule is Cc1ccc(C(=O)OC2CNC2)nc1. The average Bonchev–Trinajstić information content (AvgIpc) is 2.12. The summed E-state index contributed by atoms with van der Waals surface area (Å²) in [5.41, 5.74) is 1.41. The number of aromatic nitrogens is 1. The highest BCUT2D eigenvalue weighted by Gasteiger charge is 2.22. The van der Waals surface area contributed by atoms with Gasteiger partial charge in [0.1, 0.15) is 11.8 Å². The van der Waals surface area contributed by atoms with Gasteiger partial charge in [-0.1, -0.05) is 6.07 Å². The molecule has 0 amide bonds. The second-order valence-electron chi connectivity index (χ2n) is 3.41. The summed E-state index contributed by atoms with van der Waals surface area (Å²) >= 11 is 0. The van der Waals surface area contributed by atoms with Gasteiger partial charge < -0.3 is 10.1 Å². The molecule has 1 aromatic rings. The molecular formula is C10H12N2O2. The molecule has 1 fully saturated rings. The lowest BCUT2D eigenvalue weighted by Crippen LogP contribution is -2.49. The van der Waals surface area contributed by atoms with Gasteiger partial charge in [-0.2, -0.15) is 0 Å². The quantitative estimate of drug-likeness (QED) is 0.694. The minimum absolute atomic E-state index is 0.0191. The minimum Gasteiger partial charge on any atom is -0.455 e. The fraction of sp³-hybridized carbons (Fsp3) is 0.400. The molecule has 0 unspecified atom stereocenters. The Bertz CT molecular complexity index is 330. The van der Waals surface area contributed by atoms with Gasteiger partial charge in [-0.15, -0.1) is 0 Å². The van der Waals surface area contributed by atoms with Gasteiger partial charge in [-0.05, 0) is 18.6 Å². The van der Waals surface area contributed by atoms with Crippen molar-refractivity contribution in [3.8, 4) is 0 Å². The number of nitrogens with zero attached hydrogens (tertiary/aromatic N) is 1. The molecule has 1 saturated heterocycles. The maximum Gasteiger partial charge on any atom is 0.357 e. The molecule has 0 atom stereocenters. The highest BCUT2D eigenvalue weighted by atomic mass is 16.5. The minimum atomic E-state index is -0.337. The van der Waals surface area contributed by atoms with Crippen LogP contribution in [-0.4, -0.2) is 30.1 Å². The van der Waals surface area contributed by atoms with Crippen LogP contribution in [0.3, 0.4) is 0 Å². The van der Waals surface area contributed by atoms with Crippen LogP contribution < -0.4 is 5.32 Å². The van der Waals surface area contributed by atoms with Crippen LogP contribution in [0.2, 0.25) is 0 Å². The number of carbonyl (C=O) groups is 1. The first kappa shape index (κ1) is 9.15. The Morgan fingerprint density at radius 3 is 2.86 bits per heavy atom. The predicted molar refractivity (Wildman–Crippen MR) is 51.0 cm³/mol. The van der Waals surface area contributed by atoms with E-state index in [-0.39, 0.29) is 12.1 Å². The smallest absolute Gasteiger partial charge is 0.357 e. The standard InChI is InChI=1S/C10H12N2O2/c1-7-2-3-9(12-4-7)10(13)14-8-5-11-6-8/h2-4,8,11H,5-6H2,1H3. The van der Waals surface area contributed by atoms with Gasteiger partial charge in [-0.3, -0.25) is 0 Å². The number of ether oxygens (including phenoxy) is 1. The summed E-state index contributed by atoms with van der Waals surface area (Å²) in [5.74, 6) is -0.337. The van der Waals surface area contributed by atoms with Crippen molar-refractivity contribution in [3.05, 3.63) is 29.6 Å². The third kappa shape index (κ3) is 1.90. The Morgan fingerprint density at radius 2 is 2.36 bits per heavy atom. The molecular weight excluding hydrogens is 180 g/mol. The zero-order valence-corrected chi connectivity index (χ0v) is 7.99. The summed E-state index contributed by atoms with van der Waals surface area (Å²) in [5, 5.41) is 3.03. The monoisotopic (exact) mass is 192 g/mol. The lowest BCUT2D eigenvalue weighted by molar-refractivity contribution is 0.0163. The van der Waals surface area contributed by atoms with E-state index in [1.807, 2.05) is 13.0 Å². The van der Waals surface area contributed by atoms with Crippen molar-refractivity contribution in [1.29, 1.82) is 0 Å². The Hall–Kier alpha value is -1.42. The lowest BCUT2D eigenvalue weighted by atomic mass is 10.2. The number of aryl methyl sites for hydroxylation is 1. The molecule has 2 heterocycles. The van der Waals surface area contributed by atoms with Gasteiger partial charge in [0.05, 0.1) is 0 Å². The van der Waals surface area contributed by atoms with Crippen molar-refractivity contribution in [2.45, 2.75) is 13.0 Å². The molecule has 1 N–H and O–H groups in total. The van der Waals surface area contributed by atoms with E-state index >= 15 is 0 Å². The Morgan fingerprint density at radius 1 is 1.57 bits per heavy atom. The van der Waals surface area contributed by atoms with E-state index in [0.29, 0.717) is 5.69 Å². The predicted octanol–water partition coefficient (Wildman–Crippen LogP) is 0.519. The number of hydrogen-bond donors (Lipinski definition) is 1. The molecule has 0 bridgehead atoms. The van der Waals surface area contributed by atoms with Crippen LogP contribution in [0.4, 0.5) is 0 Å². The molecule has 0 aliphatic carbocycles. The Labute approximate surface area is 82.3 Å². The van der Waals surface area contributed by atoms with Crippen LogP contribution in [-0.2, 0) is 4.74 Å². The molecule has 4 heteroatoms. The fourth-order valence-corrected chi connectivity index (χ4v) is 1.15. The topological polar surface area (TPSA) is 51.2 Å². The van der Waals surface area contributed by atoms with E-state index in [2.05, 4.69) is 10.3 Å². The van der Waals surface area contributed by atoms with Gasteiger partial charge in [-0.25, -0.2) is 9.78 Å². The molecule has 4 nitrogen and oxygen atoms in total. The van der Waals surface area contributed by atoms with Crippen LogP contribution in [0.25, 0.3) is 0 Å². The van der Waals surface area contributed by atoms with Crippen molar-refractivity contribution < 1.29 is 9.53 Å². The van der Waals surface area contributed by atoms with Crippen LogP contribution in [0.5, 0.6) is 0 Å². The maximum absolute atomic E-state index is 11.4. The van der Waals surface area contributed by atoms with Crippen molar-refractivity contribution in [2.24, 2.45) is 0 Å². The molecule has 0 saturated carbocycles. The fourth-order valence-electron chi connectivity index (χ4n) is 1.15. The highest BCUT2D eigenvalue weighted by Crippen LogP contribution is 2.05. The maximum atomic E-state index is 11.4. The Kier molecular flexibility index (Phi) is 2.45. The number of hydrogen-bond acceptors (Lipinski definition) is 4. The largest absolute Gasteiger partial charge is 0.455 e. The number of rotatable bonds is 2. The number of carbonyl (C=O) groups excluding carboxylic acids is 1. The van der Waals surface area contributed by atoms with Gasteiger partial charge in [0.2, 0.25) is 0 Å². The van der Waals surface area contributed by atoms with E-state index in [1.54, 1.807) is 12.3 Å². The molecule has 1 aromatic heterocycles. The van der Waals surface area contributed by atoms with Gasteiger partial charge in [0.25, 0.3) is 0 Å². The van der Waals surface area contributed by atoms with E-state index in [9.17, 15) is 4.79 Å². The molecule has 14 heavy (non-hydrogen) atoms. The molecule has 0 radical (unpaired) electrons. The lowest BCUT2D eigenvalue weighted by Gasteiger charge is -2.26. The molecule has 0 aromatic carbocycles. The summed E-state index contributed by atoms with van der Waals surface area (Å²) < 4.78 is 5.15. The first-order chi connectivity index (χ1) is 6.75. The van der Waals surface area contributed by atoms with E-state index in [0.717, 1.165) is 18.7 Å². The summed E-state index contributed by atoms with van der Waals surface area (Å²) in [7, 11) is 0. The zero-order valence-electron chi connectivity index (χ0n) is 7.99. The second kappa shape index (κ2) is 3.75. The number of nitrogens with one attached hydrogen (secondary N) is 1. The molecule has 0 spiro atoms. The third-order valence-corrected chi connectivity index (χ3v) is 2.14. The normalized spacial score (nSPS) is 16.1. The van der Waals surface area contributed by atoms with Crippen molar-refractivity contribution in [3.63, 3.8) is 0 Å². The average molecular weight is 192 g/mol. The molecule has 74 valence electrons.